The first kappa shape index (κ1) is 10.1. The Morgan fingerprint density at radius 2 is 2.36 bits per heavy atom. The van der Waals surface area contributed by atoms with Gasteiger partial charge in [-0.2, -0.15) is 0 Å². The molecule has 2 rings (SSSR count). The number of nitrogens with zero attached hydrogens (tertiary/aromatic N) is 2. The number of aromatic nitrogens is 2. The van der Waals surface area contributed by atoms with Crippen molar-refractivity contribution < 1.29 is 0 Å². The van der Waals surface area contributed by atoms with E-state index in [0.717, 1.165) is 18.2 Å². The average molecular weight is 211 g/mol. The van der Waals surface area contributed by atoms with Crippen molar-refractivity contribution in [1.29, 1.82) is 0 Å². The van der Waals surface area contributed by atoms with E-state index >= 15 is 0 Å². The molecule has 1 aromatic rings. The average Bonchev–Trinajstić information content (AvgIpc) is 2.47. The standard InChI is InChI=1S/C10H17N3S/c1-3-11-9(8-5-4-6-8)10-7(2)12-13-14-10/h8-9,11H,3-6H2,1-2H3. The van der Waals surface area contributed by atoms with E-state index in [4.69, 9.17) is 0 Å². The Balaban J connectivity index is 2.13. The minimum Gasteiger partial charge on any atom is -0.309 e. The monoisotopic (exact) mass is 211 g/mol. The van der Waals surface area contributed by atoms with Crippen molar-refractivity contribution in [2.45, 2.75) is 39.2 Å². The van der Waals surface area contributed by atoms with Gasteiger partial charge in [0.1, 0.15) is 0 Å². The van der Waals surface area contributed by atoms with Crippen LogP contribution in [0.15, 0.2) is 0 Å². The van der Waals surface area contributed by atoms with Gasteiger partial charge in [0, 0.05) is 6.04 Å². The van der Waals surface area contributed by atoms with Gasteiger partial charge in [-0.3, -0.25) is 0 Å². The van der Waals surface area contributed by atoms with Crippen LogP contribution in [0, 0.1) is 12.8 Å². The summed E-state index contributed by atoms with van der Waals surface area (Å²) in [5.74, 6) is 0.816. The second-order valence-electron chi connectivity index (χ2n) is 3.95. The SMILES string of the molecule is CCNC(c1snnc1C)C1CCC1. The smallest absolute Gasteiger partial charge is 0.0772 e. The highest BCUT2D eigenvalue weighted by Crippen LogP contribution is 2.39. The molecule has 1 unspecified atom stereocenters. The van der Waals surface area contributed by atoms with Crippen LogP contribution in [-0.2, 0) is 0 Å². The predicted octanol–water partition coefficient (Wildman–Crippen LogP) is 2.30. The third kappa shape index (κ3) is 1.81. The lowest BCUT2D eigenvalue weighted by Crippen LogP contribution is -2.31. The quantitative estimate of drug-likeness (QED) is 0.830. The summed E-state index contributed by atoms with van der Waals surface area (Å²) in [6.07, 6.45) is 4.10. The maximum Gasteiger partial charge on any atom is 0.0772 e. The molecule has 1 saturated carbocycles. The van der Waals surface area contributed by atoms with E-state index in [2.05, 4.69) is 28.8 Å². The van der Waals surface area contributed by atoms with Gasteiger partial charge >= 0.3 is 0 Å². The first-order valence-corrected chi connectivity index (χ1v) is 6.12. The highest BCUT2D eigenvalue weighted by Gasteiger charge is 2.30. The van der Waals surface area contributed by atoms with Crippen LogP contribution in [0.3, 0.4) is 0 Å². The summed E-state index contributed by atoms with van der Waals surface area (Å²) in [5.41, 5.74) is 1.10. The Morgan fingerprint density at radius 1 is 1.57 bits per heavy atom. The van der Waals surface area contributed by atoms with Gasteiger partial charge in [-0.15, -0.1) is 5.10 Å². The fraction of sp³-hybridized carbons (Fsp3) is 0.800. The van der Waals surface area contributed by atoms with Crippen molar-refractivity contribution in [3.8, 4) is 0 Å². The molecule has 14 heavy (non-hydrogen) atoms. The summed E-state index contributed by atoms with van der Waals surface area (Å²) in [6.45, 7) is 5.25. The van der Waals surface area contributed by atoms with Gasteiger partial charge in [0.05, 0.1) is 10.6 Å². The molecule has 1 aliphatic carbocycles. The number of rotatable bonds is 4. The number of hydrogen-bond acceptors (Lipinski definition) is 4. The maximum atomic E-state index is 4.09. The molecule has 1 aliphatic rings. The Hall–Kier alpha value is -0.480. The molecule has 1 atom stereocenters. The van der Waals surface area contributed by atoms with Crippen molar-refractivity contribution in [2.75, 3.05) is 6.54 Å². The Morgan fingerprint density at radius 3 is 2.79 bits per heavy atom. The first-order chi connectivity index (χ1) is 6.83. The van der Waals surface area contributed by atoms with Crippen molar-refractivity contribution in [3.05, 3.63) is 10.6 Å². The lowest BCUT2D eigenvalue weighted by molar-refractivity contribution is 0.235. The number of aryl methyl sites for hydroxylation is 1. The lowest BCUT2D eigenvalue weighted by Gasteiger charge is -2.33. The van der Waals surface area contributed by atoms with Gasteiger partial charge in [-0.1, -0.05) is 17.8 Å². The molecule has 0 aromatic carbocycles. The molecule has 1 heterocycles. The van der Waals surface area contributed by atoms with Gasteiger partial charge in [-0.05, 0) is 43.8 Å². The third-order valence-electron chi connectivity index (χ3n) is 3.01. The molecule has 0 spiro atoms. The fourth-order valence-electron chi connectivity index (χ4n) is 1.99. The zero-order valence-corrected chi connectivity index (χ0v) is 9.60. The van der Waals surface area contributed by atoms with E-state index in [0.29, 0.717) is 6.04 Å². The van der Waals surface area contributed by atoms with Crippen LogP contribution in [0.25, 0.3) is 0 Å². The molecule has 0 saturated heterocycles. The molecular formula is C10H17N3S. The summed E-state index contributed by atoms with van der Waals surface area (Å²) < 4.78 is 4.02. The Kier molecular flexibility index (Phi) is 3.13. The van der Waals surface area contributed by atoms with Crippen LogP contribution in [0.4, 0.5) is 0 Å². The van der Waals surface area contributed by atoms with E-state index in [1.807, 2.05) is 0 Å². The number of hydrogen-bond donors (Lipinski definition) is 1. The highest BCUT2D eigenvalue weighted by atomic mass is 32.1. The van der Waals surface area contributed by atoms with Crippen LogP contribution in [0.2, 0.25) is 0 Å². The summed E-state index contributed by atoms with van der Waals surface area (Å²) in [7, 11) is 0. The molecule has 0 radical (unpaired) electrons. The Bertz CT molecular complexity index is 293. The van der Waals surface area contributed by atoms with Crippen molar-refractivity contribution in [1.82, 2.24) is 14.9 Å². The zero-order chi connectivity index (χ0) is 9.97. The first-order valence-electron chi connectivity index (χ1n) is 5.35. The molecule has 78 valence electrons. The molecule has 1 N–H and O–H groups in total. The number of nitrogens with one attached hydrogen (secondary N) is 1. The molecule has 0 bridgehead atoms. The second kappa shape index (κ2) is 4.36. The van der Waals surface area contributed by atoms with Crippen LogP contribution < -0.4 is 5.32 Å². The fourth-order valence-corrected chi connectivity index (χ4v) is 2.80. The minimum absolute atomic E-state index is 0.508. The minimum atomic E-state index is 0.508. The van der Waals surface area contributed by atoms with Gasteiger partial charge in [0.2, 0.25) is 0 Å². The third-order valence-corrected chi connectivity index (χ3v) is 3.92. The van der Waals surface area contributed by atoms with Gasteiger partial charge < -0.3 is 5.32 Å². The van der Waals surface area contributed by atoms with Crippen LogP contribution in [0.5, 0.6) is 0 Å². The molecule has 3 nitrogen and oxygen atoms in total. The molecule has 1 aromatic heterocycles. The highest BCUT2D eigenvalue weighted by molar-refractivity contribution is 7.05. The maximum absolute atomic E-state index is 4.09. The Labute approximate surface area is 89.1 Å². The van der Waals surface area contributed by atoms with Crippen molar-refractivity contribution >= 4 is 11.5 Å². The van der Waals surface area contributed by atoms with E-state index in [-0.39, 0.29) is 0 Å². The van der Waals surface area contributed by atoms with E-state index in [9.17, 15) is 0 Å². The molecule has 1 fully saturated rings. The van der Waals surface area contributed by atoms with E-state index in [1.54, 1.807) is 11.5 Å². The van der Waals surface area contributed by atoms with Crippen molar-refractivity contribution in [3.63, 3.8) is 0 Å². The van der Waals surface area contributed by atoms with Crippen LogP contribution in [0.1, 0.15) is 42.8 Å². The molecule has 4 heteroatoms. The topological polar surface area (TPSA) is 37.8 Å². The lowest BCUT2D eigenvalue weighted by atomic mass is 9.79. The predicted molar refractivity (Wildman–Crippen MR) is 58.4 cm³/mol. The summed E-state index contributed by atoms with van der Waals surface area (Å²) in [6, 6.07) is 0.508. The largest absolute Gasteiger partial charge is 0.309 e. The van der Waals surface area contributed by atoms with Gasteiger partial charge in [-0.25, -0.2) is 0 Å². The normalized spacial score (nSPS) is 19.3. The molecular weight excluding hydrogens is 194 g/mol. The summed E-state index contributed by atoms with van der Waals surface area (Å²) in [5, 5.41) is 7.65. The van der Waals surface area contributed by atoms with E-state index < -0.39 is 0 Å². The van der Waals surface area contributed by atoms with Gasteiger partial charge in [0.15, 0.2) is 0 Å². The van der Waals surface area contributed by atoms with Crippen LogP contribution in [-0.4, -0.2) is 16.1 Å². The van der Waals surface area contributed by atoms with Gasteiger partial charge in [0.25, 0.3) is 0 Å². The summed E-state index contributed by atoms with van der Waals surface area (Å²) >= 11 is 1.55. The van der Waals surface area contributed by atoms with Crippen molar-refractivity contribution in [2.24, 2.45) is 5.92 Å². The zero-order valence-electron chi connectivity index (χ0n) is 8.79. The molecule has 0 aliphatic heterocycles. The molecule has 0 amide bonds. The second-order valence-corrected chi connectivity index (χ2v) is 4.73. The van der Waals surface area contributed by atoms with Crippen LogP contribution >= 0.6 is 11.5 Å². The summed E-state index contributed by atoms with van der Waals surface area (Å²) in [4.78, 5) is 1.34. The van der Waals surface area contributed by atoms with E-state index in [1.165, 1.54) is 24.1 Å².